The molecule has 1 aromatic carbocycles. The highest BCUT2D eigenvalue weighted by Crippen LogP contribution is 2.27. The second kappa shape index (κ2) is 5.76. The second-order valence-electron chi connectivity index (χ2n) is 5.02. The number of likely N-dealkylation sites (N-methyl/N-ethyl adjacent to an activating group) is 1. The molecule has 2 N–H and O–H groups in total. The summed E-state index contributed by atoms with van der Waals surface area (Å²) in [6, 6.07) is 9.62. The van der Waals surface area contributed by atoms with Gasteiger partial charge < -0.3 is 10.6 Å². The Bertz CT molecular complexity index is 606. The minimum atomic E-state index is -0.0418. The molecule has 0 saturated heterocycles. The predicted octanol–water partition coefficient (Wildman–Crippen LogP) is 1.82. The number of nitrogens with zero attached hydrogens (tertiary/aromatic N) is 4. The Labute approximate surface area is 119 Å². The van der Waals surface area contributed by atoms with Crippen LogP contribution in [0.15, 0.2) is 36.7 Å². The van der Waals surface area contributed by atoms with Gasteiger partial charge in [0.1, 0.15) is 0 Å². The molecule has 2 unspecified atom stereocenters. The monoisotopic (exact) mass is 269 g/mol. The standard InChI is InChI=1S/C15H19N5/c1-11(17)15(13-9-18-19(2)10-13)20(3)14-6-4-12(8-16)5-7-14/h4-7,9-11,15H,17H2,1-3H3. The zero-order chi connectivity index (χ0) is 14.7. The molecule has 1 heterocycles. The van der Waals surface area contributed by atoms with Crippen LogP contribution in [0, 0.1) is 11.3 Å². The number of benzene rings is 1. The summed E-state index contributed by atoms with van der Waals surface area (Å²) in [7, 11) is 3.89. The van der Waals surface area contributed by atoms with Gasteiger partial charge in [-0.3, -0.25) is 4.68 Å². The molecule has 0 saturated carbocycles. The lowest BCUT2D eigenvalue weighted by Gasteiger charge is -2.32. The molecular formula is C15H19N5. The third-order valence-electron chi connectivity index (χ3n) is 3.39. The van der Waals surface area contributed by atoms with Gasteiger partial charge in [0.05, 0.1) is 23.9 Å². The van der Waals surface area contributed by atoms with Crippen molar-refractivity contribution in [3.63, 3.8) is 0 Å². The highest BCUT2D eigenvalue weighted by molar-refractivity contribution is 5.51. The second-order valence-corrected chi connectivity index (χ2v) is 5.02. The van der Waals surface area contributed by atoms with E-state index in [0.717, 1.165) is 11.3 Å². The van der Waals surface area contributed by atoms with Gasteiger partial charge in [-0.2, -0.15) is 10.4 Å². The first-order valence-electron chi connectivity index (χ1n) is 6.50. The van der Waals surface area contributed by atoms with E-state index in [2.05, 4.69) is 16.1 Å². The summed E-state index contributed by atoms with van der Waals surface area (Å²) in [6.45, 7) is 1.98. The summed E-state index contributed by atoms with van der Waals surface area (Å²) in [5, 5.41) is 13.1. The number of nitriles is 1. The van der Waals surface area contributed by atoms with Crippen LogP contribution < -0.4 is 10.6 Å². The van der Waals surface area contributed by atoms with Crippen LogP contribution in [0.4, 0.5) is 5.69 Å². The smallest absolute Gasteiger partial charge is 0.0991 e. The van der Waals surface area contributed by atoms with Crippen LogP contribution in [0.5, 0.6) is 0 Å². The molecule has 0 aliphatic heterocycles. The lowest BCUT2D eigenvalue weighted by Crippen LogP contribution is -2.37. The summed E-state index contributed by atoms with van der Waals surface area (Å²) in [4.78, 5) is 2.11. The van der Waals surface area contributed by atoms with E-state index in [1.54, 1.807) is 4.68 Å². The molecule has 0 aliphatic rings. The highest BCUT2D eigenvalue weighted by atomic mass is 15.2. The average molecular weight is 269 g/mol. The number of aryl methyl sites for hydroxylation is 1. The molecule has 104 valence electrons. The van der Waals surface area contributed by atoms with Crippen LogP contribution in [-0.4, -0.2) is 22.9 Å². The molecule has 5 nitrogen and oxygen atoms in total. The van der Waals surface area contributed by atoms with Gasteiger partial charge in [-0.25, -0.2) is 0 Å². The van der Waals surface area contributed by atoms with Gasteiger partial charge in [-0.15, -0.1) is 0 Å². The van der Waals surface area contributed by atoms with Crippen LogP contribution in [0.2, 0.25) is 0 Å². The average Bonchev–Trinajstić information content (AvgIpc) is 2.85. The summed E-state index contributed by atoms with van der Waals surface area (Å²) < 4.78 is 1.78. The van der Waals surface area contributed by atoms with Gasteiger partial charge in [-0.05, 0) is 31.2 Å². The third-order valence-corrected chi connectivity index (χ3v) is 3.39. The van der Waals surface area contributed by atoms with Crippen molar-refractivity contribution in [1.29, 1.82) is 5.26 Å². The van der Waals surface area contributed by atoms with Crippen molar-refractivity contribution in [1.82, 2.24) is 9.78 Å². The van der Waals surface area contributed by atoms with Crippen LogP contribution in [0.3, 0.4) is 0 Å². The minimum Gasteiger partial charge on any atom is -0.366 e. The molecule has 0 spiro atoms. The van der Waals surface area contributed by atoms with E-state index in [1.807, 2.05) is 57.7 Å². The van der Waals surface area contributed by atoms with Crippen molar-refractivity contribution in [2.45, 2.75) is 19.0 Å². The van der Waals surface area contributed by atoms with Crippen molar-refractivity contribution in [3.05, 3.63) is 47.8 Å². The van der Waals surface area contributed by atoms with E-state index in [0.29, 0.717) is 5.56 Å². The number of rotatable bonds is 4. The molecule has 0 bridgehead atoms. The number of aromatic nitrogens is 2. The Kier molecular flexibility index (Phi) is 4.06. The maximum atomic E-state index is 8.85. The lowest BCUT2D eigenvalue weighted by atomic mass is 10.0. The largest absolute Gasteiger partial charge is 0.366 e. The predicted molar refractivity (Wildman–Crippen MR) is 79.2 cm³/mol. The maximum Gasteiger partial charge on any atom is 0.0991 e. The Balaban J connectivity index is 2.31. The van der Waals surface area contributed by atoms with E-state index >= 15 is 0 Å². The number of hydrogen-bond donors (Lipinski definition) is 1. The number of hydrogen-bond acceptors (Lipinski definition) is 4. The Morgan fingerprint density at radius 2 is 2.00 bits per heavy atom. The fourth-order valence-electron chi connectivity index (χ4n) is 2.40. The fourth-order valence-corrected chi connectivity index (χ4v) is 2.40. The zero-order valence-corrected chi connectivity index (χ0v) is 12.0. The first kappa shape index (κ1) is 14.1. The van der Waals surface area contributed by atoms with Crippen molar-refractivity contribution in [2.24, 2.45) is 12.8 Å². The van der Waals surface area contributed by atoms with E-state index in [1.165, 1.54) is 0 Å². The van der Waals surface area contributed by atoms with Gasteiger partial charge in [0, 0.05) is 37.6 Å². The van der Waals surface area contributed by atoms with Gasteiger partial charge in [0.2, 0.25) is 0 Å². The van der Waals surface area contributed by atoms with Crippen molar-refractivity contribution in [2.75, 3.05) is 11.9 Å². The minimum absolute atomic E-state index is 0.0386. The van der Waals surface area contributed by atoms with Gasteiger partial charge in [0.15, 0.2) is 0 Å². The summed E-state index contributed by atoms with van der Waals surface area (Å²) in [5.41, 5.74) is 8.90. The van der Waals surface area contributed by atoms with Crippen LogP contribution in [-0.2, 0) is 7.05 Å². The zero-order valence-electron chi connectivity index (χ0n) is 12.0. The summed E-state index contributed by atoms with van der Waals surface area (Å²) in [6.07, 6.45) is 3.82. The van der Waals surface area contributed by atoms with E-state index in [4.69, 9.17) is 11.0 Å². The Morgan fingerprint density at radius 3 is 2.45 bits per heavy atom. The molecule has 0 radical (unpaired) electrons. The van der Waals surface area contributed by atoms with Crippen molar-refractivity contribution >= 4 is 5.69 Å². The van der Waals surface area contributed by atoms with E-state index in [9.17, 15) is 0 Å². The molecule has 2 atom stereocenters. The first-order valence-corrected chi connectivity index (χ1v) is 6.50. The van der Waals surface area contributed by atoms with E-state index < -0.39 is 0 Å². The quantitative estimate of drug-likeness (QED) is 0.919. The van der Waals surface area contributed by atoms with Crippen LogP contribution in [0.25, 0.3) is 0 Å². The first-order chi connectivity index (χ1) is 9.52. The van der Waals surface area contributed by atoms with Gasteiger partial charge in [0.25, 0.3) is 0 Å². The van der Waals surface area contributed by atoms with Crippen LogP contribution in [0.1, 0.15) is 24.1 Å². The fraction of sp³-hybridized carbons (Fsp3) is 0.333. The molecule has 0 amide bonds. The molecule has 0 fully saturated rings. The molecule has 20 heavy (non-hydrogen) atoms. The summed E-state index contributed by atoms with van der Waals surface area (Å²) >= 11 is 0. The molecular weight excluding hydrogens is 250 g/mol. The number of nitrogens with two attached hydrogens (primary N) is 1. The normalized spacial score (nSPS) is 13.6. The SMILES string of the molecule is CC(N)C(c1cnn(C)c1)N(C)c1ccc(C#N)cc1. The van der Waals surface area contributed by atoms with Gasteiger partial charge >= 0.3 is 0 Å². The van der Waals surface area contributed by atoms with Crippen LogP contribution >= 0.6 is 0 Å². The van der Waals surface area contributed by atoms with Crippen molar-refractivity contribution < 1.29 is 0 Å². The highest BCUT2D eigenvalue weighted by Gasteiger charge is 2.22. The number of anilines is 1. The molecule has 0 aliphatic carbocycles. The Morgan fingerprint density at radius 1 is 1.35 bits per heavy atom. The van der Waals surface area contributed by atoms with Crippen molar-refractivity contribution in [3.8, 4) is 6.07 Å². The summed E-state index contributed by atoms with van der Waals surface area (Å²) in [5.74, 6) is 0. The molecule has 2 rings (SSSR count). The topological polar surface area (TPSA) is 70.9 Å². The lowest BCUT2D eigenvalue weighted by molar-refractivity contribution is 0.558. The Hall–Kier alpha value is -2.32. The molecule has 2 aromatic rings. The van der Waals surface area contributed by atoms with Gasteiger partial charge in [-0.1, -0.05) is 0 Å². The molecule has 1 aromatic heterocycles. The third kappa shape index (κ3) is 2.81. The maximum absolute atomic E-state index is 8.85. The molecule has 5 heteroatoms. The van der Waals surface area contributed by atoms with E-state index in [-0.39, 0.29) is 12.1 Å².